The number of aliphatic hydroxyl groups is 1. The lowest BCUT2D eigenvalue weighted by Crippen LogP contribution is -2.07. The molecule has 1 N–H and O–H groups in total. The highest BCUT2D eigenvalue weighted by molar-refractivity contribution is 9.10. The van der Waals surface area contributed by atoms with Crippen molar-refractivity contribution in [3.63, 3.8) is 0 Å². The third kappa shape index (κ3) is 5.19. The first-order valence-electron chi connectivity index (χ1n) is 5.28. The highest BCUT2D eigenvalue weighted by atomic mass is 79.9. The molecule has 0 fully saturated rings. The molecule has 1 rings (SSSR count). The molecule has 2 nitrogen and oxygen atoms in total. The molecule has 0 radical (unpaired) electrons. The van der Waals surface area contributed by atoms with E-state index in [1.807, 2.05) is 31.2 Å². The second-order valence-electron chi connectivity index (χ2n) is 3.51. The van der Waals surface area contributed by atoms with E-state index in [1.165, 1.54) is 0 Å². The smallest absolute Gasteiger partial charge is 0.120 e. The fourth-order valence-electron chi connectivity index (χ4n) is 1.27. The van der Waals surface area contributed by atoms with Crippen molar-refractivity contribution in [3.8, 4) is 5.75 Å². The number of rotatable bonds is 6. The Morgan fingerprint density at radius 2 is 2.27 bits per heavy atom. The fourth-order valence-corrected chi connectivity index (χ4v) is 1.65. The quantitative estimate of drug-likeness (QED) is 0.805. The molecule has 0 aromatic heterocycles. The summed E-state index contributed by atoms with van der Waals surface area (Å²) in [5.41, 5.74) is 0. The van der Waals surface area contributed by atoms with Gasteiger partial charge < -0.3 is 9.84 Å². The molecular formula is C12H17BrO2. The second kappa shape index (κ2) is 6.85. The van der Waals surface area contributed by atoms with Crippen LogP contribution in [0.2, 0.25) is 0 Å². The van der Waals surface area contributed by atoms with Gasteiger partial charge in [0.2, 0.25) is 0 Å². The largest absolute Gasteiger partial charge is 0.494 e. The summed E-state index contributed by atoms with van der Waals surface area (Å²) in [6.07, 6.45) is 2.33. The fraction of sp³-hybridized carbons (Fsp3) is 0.500. The van der Waals surface area contributed by atoms with E-state index >= 15 is 0 Å². The van der Waals surface area contributed by atoms with Gasteiger partial charge in [-0.2, -0.15) is 0 Å². The minimum absolute atomic E-state index is 0.184. The van der Waals surface area contributed by atoms with Crippen LogP contribution in [0, 0.1) is 0 Å². The molecule has 15 heavy (non-hydrogen) atoms. The molecule has 0 aliphatic rings. The molecular weight excluding hydrogens is 256 g/mol. The Hall–Kier alpha value is -0.540. The molecule has 0 heterocycles. The van der Waals surface area contributed by atoms with Gasteiger partial charge in [-0.15, -0.1) is 0 Å². The standard InChI is InChI=1S/C12H17BrO2/c1-2-11(14)6-4-8-15-12-7-3-5-10(13)9-12/h3,5,7,9,11,14H,2,4,6,8H2,1H3. The molecule has 0 bridgehead atoms. The maximum atomic E-state index is 9.34. The van der Waals surface area contributed by atoms with E-state index in [1.54, 1.807) is 0 Å². The molecule has 0 spiro atoms. The first-order valence-corrected chi connectivity index (χ1v) is 6.08. The van der Waals surface area contributed by atoms with Gasteiger partial charge in [0, 0.05) is 4.47 Å². The number of halogens is 1. The molecule has 0 aliphatic heterocycles. The van der Waals surface area contributed by atoms with Crippen molar-refractivity contribution < 1.29 is 9.84 Å². The Balaban J connectivity index is 2.20. The Bertz CT molecular complexity index is 289. The van der Waals surface area contributed by atoms with Gasteiger partial charge in [0.1, 0.15) is 5.75 Å². The Morgan fingerprint density at radius 3 is 2.93 bits per heavy atom. The predicted octanol–water partition coefficient (Wildman–Crippen LogP) is 3.38. The first-order chi connectivity index (χ1) is 7.22. The number of hydrogen-bond acceptors (Lipinski definition) is 2. The predicted molar refractivity (Wildman–Crippen MR) is 65.2 cm³/mol. The Kier molecular flexibility index (Phi) is 5.73. The van der Waals surface area contributed by atoms with Gasteiger partial charge in [-0.25, -0.2) is 0 Å². The van der Waals surface area contributed by atoms with Crippen LogP contribution in [0.1, 0.15) is 26.2 Å². The summed E-state index contributed by atoms with van der Waals surface area (Å²) in [5.74, 6) is 0.871. The minimum atomic E-state index is -0.184. The average molecular weight is 273 g/mol. The Labute approximate surface area is 99.4 Å². The van der Waals surface area contributed by atoms with Crippen LogP contribution < -0.4 is 4.74 Å². The van der Waals surface area contributed by atoms with Gasteiger partial charge in [-0.05, 0) is 37.5 Å². The van der Waals surface area contributed by atoms with Crippen molar-refractivity contribution in [3.05, 3.63) is 28.7 Å². The molecule has 0 saturated heterocycles. The van der Waals surface area contributed by atoms with E-state index in [0.717, 1.165) is 29.5 Å². The van der Waals surface area contributed by atoms with Crippen molar-refractivity contribution in [1.29, 1.82) is 0 Å². The lowest BCUT2D eigenvalue weighted by Gasteiger charge is -2.09. The van der Waals surface area contributed by atoms with Crippen molar-refractivity contribution in [2.24, 2.45) is 0 Å². The van der Waals surface area contributed by atoms with Crippen LogP contribution in [0.25, 0.3) is 0 Å². The van der Waals surface area contributed by atoms with E-state index in [0.29, 0.717) is 6.61 Å². The molecule has 3 heteroatoms. The van der Waals surface area contributed by atoms with Crippen LogP contribution in [-0.4, -0.2) is 17.8 Å². The summed E-state index contributed by atoms with van der Waals surface area (Å²) >= 11 is 3.39. The summed E-state index contributed by atoms with van der Waals surface area (Å²) in [7, 11) is 0. The zero-order valence-electron chi connectivity index (χ0n) is 8.95. The number of ether oxygens (including phenoxy) is 1. The van der Waals surface area contributed by atoms with Crippen LogP contribution >= 0.6 is 15.9 Å². The van der Waals surface area contributed by atoms with Crippen molar-refractivity contribution in [2.75, 3.05) is 6.61 Å². The van der Waals surface area contributed by atoms with E-state index in [4.69, 9.17) is 4.74 Å². The molecule has 1 atom stereocenters. The van der Waals surface area contributed by atoms with Crippen LogP contribution in [0.5, 0.6) is 5.75 Å². The number of aliphatic hydroxyl groups excluding tert-OH is 1. The van der Waals surface area contributed by atoms with Crippen LogP contribution in [0.3, 0.4) is 0 Å². The zero-order valence-corrected chi connectivity index (χ0v) is 10.5. The first kappa shape index (κ1) is 12.5. The summed E-state index contributed by atoms with van der Waals surface area (Å²) in [5, 5.41) is 9.34. The molecule has 1 aromatic rings. The van der Waals surface area contributed by atoms with E-state index < -0.39 is 0 Å². The normalized spacial score (nSPS) is 12.5. The second-order valence-corrected chi connectivity index (χ2v) is 4.43. The van der Waals surface area contributed by atoms with Crippen molar-refractivity contribution >= 4 is 15.9 Å². The Morgan fingerprint density at radius 1 is 1.47 bits per heavy atom. The van der Waals surface area contributed by atoms with Gasteiger partial charge in [0.25, 0.3) is 0 Å². The monoisotopic (exact) mass is 272 g/mol. The SMILES string of the molecule is CCC(O)CCCOc1cccc(Br)c1. The van der Waals surface area contributed by atoms with Crippen molar-refractivity contribution in [1.82, 2.24) is 0 Å². The van der Waals surface area contributed by atoms with Crippen LogP contribution in [0.4, 0.5) is 0 Å². The lowest BCUT2D eigenvalue weighted by molar-refractivity contribution is 0.149. The zero-order chi connectivity index (χ0) is 11.1. The summed E-state index contributed by atoms with van der Waals surface area (Å²) in [4.78, 5) is 0. The topological polar surface area (TPSA) is 29.5 Å². The van der Waals surface area contributed by atoms with E-state index in [9.17, 15) is 5.11 Å². The van der Waals surface area contributed by atoms with Crippen molar-refractivity contribution in [2.45, 2.75) is 32.3 Å². The molecule has 84 valence electrons. The third-order valence-corrected chi connectivity index (χ3v) is 2.71. The third-order valence-electron chi connectivity index (χ3n) is 2.22. The summed E-state index contributed by atoms with van der Waals surface area (Å²) in [6, 6.07) is 7.78. The highest BCUT2D eigenvalue weighted by Gasteiger charge is 2.00. The van der Waals surface area contributed by atoms with Crippen LogP contribution in [-0.2, 0) is 0 Å². The number of benzene rings is 1. The maximum Gasteiger partial charge on any atom is 0.120 e. The summed E-state index contributed by atoms with van der Waals surface area (Å²) < 4.78 is 6.56. The summed E-state index contributed by atoms with van der Waals surface area (Å²) in [6.45, 7) is 2.65. The maximum absolute atomic E-state index is 9.34. The van der Waals surface area contributed by atoms with Gasteiger partial charge in [0.15, 0.2) is 0 Å². The average Bonchev–Trinajstić information content (AvgIpc) is 2.24. The van der Waals surface area contributed by atoms with Crippen LogP contribution in [0.15, 0.2) is 28.7 Å². The molecule has 0 saturated carbocycles. The molecule has 1 unspecified atom stereocenters. The van der Waals surface area contributed by atoms with Gasteiger partial charge in [-0.3, -0.25) is 0 Å². The lowest BCUT2D eigenvalue weighted by atomic mass is 10.1. The highest BCUT2D eigenvalue weighted by Crippen LogP contribution is 2.18. The minimum Gasteiger partial charge on any atom is -0.494 e. The van der Waals surface area contributed by atoms with Gasteiger partial charge >= 0.3 is 0 Å². The molecule has 0 amide bonds. The molecule has 0 aliphatic carbocycles. The van der Waals surface area contributed by atoms with E-state index in [2.05, 4.69) is 15.9 Å². The van der Waals surface area contributed by atoms with Gasteiger partial charge in [-0.1, -0.05) is 28.9 Å². The number of hydrogen-bond donors (Lipinski definition) is 1. The van der Waals surface area contributed by atoms with E-state index in [-0.39, 0.29) is 6.10 Å². The van der Waals surface area contributed by atoms with Gasteiger partial charge in [0.05, 0.1) is 12.7 Å². The molecule has 1 aromatic carbocycles.